The minimum Gasteiger partial charge on any atom is -0.494 e. The van der Waals surface area contributed by atoms with E-state index in [0.717, 1.165) is 0 Å². The number of sulfonamides is 1. The van der Waals surface area contributed by atoms with Crippen LogP contribution in [0, 0.1) is 12.7 Å². The molecule has 3 rings (SSSR count). The molecule has 1 amide bonds. The molecule has 0 fully saturated rings. The topological polar surface area (TPSA) is 93.7 Å². The molecule has 0 saturated heterocycles. The number of carbonyl (C=O) groups excluding carboxylic acids is 1. The molecule has 174 valence electrons. The van der Waals surface area contributed by atoms with E-state index >= 15 is 0 Å². The highest BCUT2D eigenvalue weighted by Crippen LogP contribution is 2.24. The van der Waals surface area contributed by atoms with Crippen molar-refractivity contribution in [3.63, 3.8) is 0 Å². The summed E-state index contributed by atoms with van der Waals surface area (Å²) in [5.74, 6) is -0.195. The first kappa shape index (κ1) is 24.1. The molecule has 0 aliphatic heterocycles. The number of benzene rings is 3. The van der Waals surface area contributed by atoms with Gasteiger partial charge in [0.2, 0.25) is 5.91 Å². The third-order valence-electron chi connectivity index (χ3n) is 4.60. The zero-order valence-electron chi connectivity index (χ0n) is 18.3. The van der Waals surface area contributed by atoms with Crippen molar-refractivity contribution in [2.75, 3.05) is 23.3 Å². The molecule has 3 aromatic rings. The fraction of sp³-hybridized carbons (Fsp3) is 0.208. The number of para-hydroxylation sites is 1. The molecule has 0 spiro atoms. The molecular formula is C24H25FN2O5S. The number of hydrogen-bond acceptors (Lipinski definition) is 5. The van der Waals surface area contributed by atoms with Crippen LogP contribution in [0.4, 0.5) is 15.8 Å². The first-order valence-electron chi connectivity index (χ1n) is 10.3. The third-order valence-corrected chi connectivity index (χ3v) is 6.13. The molecule has 0 aliphatic carbocycles. The van der Waals surface area contributed by atoms with Gasteiger partial charge in [0.15, 0.2) is 11.6 Å². The van der Waals surface area contributed by atoms with Crippen molar-refractivity contribution in [3.05, 3.63) is 78.1 Å². The normalized spacial score (nSPS) is 11.0. The highest BCUT2D eigenvalue weighted by Gasteiger charge is 2.18. The fourth-order valence-corrected chi connectivity index (χ4v) is 4.33. The van der Waals surface area contributed by atoms with Gasteiger partial charge in [-0.15, -0.1) is 0 Å². The van der Waals surface area contributed by atoms with Crippen molar-refractivity contribution in [1.82, 2.24) is 0 Å². The number of ether oxygens (including phenoxy) is 2. The molecule has 33 heavy (non-hydrogen) atoms. The van der Waals surface area contributed by atoms with Crippen molar-refractivity contribution in [3.8, 4) is 11.5 Å². The van der Waals surface area contributed by atoms with Crippen LogP contribution < -0.4 is 19.5 Å². The molecule has 0 heterocycles. The van der Waals surface area contributed by atoms with Crippen molar-refractivity contribution >= 4 is 27.3 Å². The summed E-state index contributed by atoms with van der Waals surface area (Å²) in [5, 5.41) is 2.65. The molecule has 3 aromatic carbocycles. The number of anilines is 2. The number of hydrogen-bond donors (Lipinski definition) is 2. The molecule has 0 radical (unpaired) electrons. The summed E-state index contributed by atoms with van der Waals surface area (Å²) >= 11 is 0. The van der Waals surface area contributed by atoms with E-state index in [9.17, 15) is 17.6 Å². The van der Waals surface area contributed by atoms with Gasteiger partial charge in [-0.3, -0.25) is 9.52 Å². The maximum Gasteiger partial charge on any atom is 0.262 e. The second-order valence-electron chi connectivity index (χ2n) is 7.12. The predicted molar refractivity (Wildman–Crippen MR) is 125 cm³/mol. The van der Waals surface area contributed by atoms with Crippen molar-refractivity contribution < 1.29 is 27.1 Å². The molecule has 0 aliphatic rings. The fourth-order valence-electron chi connectivity index (χ4n) is 3.00. The smallest absolute Gasteiger partial charge is 0.262 e. The van der Waals surface area contributed by atoms with E-state index in [2.05, 4.69) is 10.0 Å². The molecule has 0 bridgehead atoms. The number of aryl methyl sites for hydroxylation is 1. The standard InChI is InChI=1S/C24H25FN2O5S/c1-3-31-20-12-10-18(11-13-20)27-33(29,30)23-16-19(9-8-17(23)2)26-24(28)14-15-32-22-7-5-4-6-21(22)25/h4-13,16,27H,3,14-15H2,1-2H3,(H,26,28). The molecule has 7 nitrogen and oxygen atoms in total. The van der Waals surface area contributed by atoms with Gasteiger partial charge in [-0.2, -0.15) is 0 Å². The van der Waals surface area contributed by atoms with Gasteiger partial charge in [-0.25, -0.2) is 12.8 Å². The van der Waals surface area contributed by atoms with Gasteiger partial charge in [0.05, 0.1) is 24.5 Å². The van der Waals surface area contributed by atoms with Crippen LogP contribution in [0.15, 0.2) is 71.6 Å². The SMILES string of the molecule is CCOc1ccc(NS(=O)(=O)c2cc(NC(=O)CCOc3ccccc3F)ccc2C)cc1. The summed E-state index contributed by atoms with van der Waals surface area (Å²) in [6.07, 6.45) is -0.0330. The first-order valence-corrected chi connectivity index (χ1v) is 11.8. The molecule has 2 N–H and O–H groups in total. The number of carbonyl (C=O) groups is 1. The molecule has 0 atom stereocenters. The highest BCUT2D eigenvalue weighted by molar-refractivity contribution is 7.92. The Morgan fingerprint density at radius 2 is 1.67 bits per heavy atom. The van der Waals surface area contributed by atoms with Crippen LogP contribution in [0.25, 0.3) is 0 Å². The Bertz CT molecular complexity index is 1210. The molecule has 0 aromatic heterocycles. The number of halogens is 1. The Balaban J connectivity index is 1.64. The van der Waals surface area contributed by atoms with Gasteiger partial charge in [0.25, 0.3) is 10.0 Å². The Morgan fingerprint density at radius 1 is 0.970 bits per heavy atom. The van der Waals surface area contributed by atoms with E-state index in [4.69, 9.17) is 9.47 Å². The van der Waals surface area contributed by atoms with E-state index in [-0.39, 0.29) is 23.7 Å². The zero-order valence-corrected chi connectivity index (χ0v) is 19.1. The molecule has 0 unspecified atom stereocenters. The Kier molecular flexibility index (Phi) is 7.89. The summed E-state index contributed by atoms with van der Waals surface area (Å²) in [4.78, 5) is 12.3. The van der Waals surface area contributed by atoms with Gasteiger partial charge in [0.1, 0.15) is 5.75 Å². The minimum atomic E-state index is -3.89. The van der Waals surface area contributed by atoms with Crippen LogP contribution in [0.3, 0.4) is 0 Å². The highest BCUT2D eigenvalue weighted by atomic mass is 32.2. The Morgan fingerprint density at radius 3 is 2.36 bits per heavy atom. The van der Waals surface area contributed by atoms with Crippen LogP contribution in [0.2, 0.25) is 0 Å². The lowest BCUT2D eigenvalue weighted by Crippen LogP contribution is -2.17. The van der Waals surface area contributed by atoms with E-state index in [1.807, 2.05) is 6.92 Å². The maximum atomic E-state index is 13.6. The summed E-state index contributed by atoms with van der Waals surface area (Å²) < 4.78 is 52.6. The van der Waals surface area contributed by atoms with Crippen LogP contribution >= 0.6 is 0 Å². The zero-order chi connectivity index (χ0) is 23.8. The summed E-state index contributed by atoms with van der Waals surface area (Å²) in [6.45, 7) is 4.02. The largest absolute Gasteiger partial charge is 0.494 e. The monoisotopic (exact) mass is 472 g/mol. The van der Waals surface area contributed by atoms with Gasteiger partial charge in [0, 0.05) is 11.4 Å². The van der Waals surface area contributed by atoms with E-state index in [0.29, 0.717) is 29.3 Å². The van der Waals surface area contributed by atoms with Crippen molar-refractivity contribution in [2.24, 2.45) is 0 Å². The Hall–Kier alpha value is -3.59. The second-order valence-corrected chi connectivity index (χ2v) is 8.77. The average molecular weight is 473 g/mol. The van der Waals surface area contributed by atoms with Gasteiger partial charge in [-0.05, 0) is 67.9 Å². The van der Waals surface area contributed by atoms with Crippen molar-refractivity contribution in [1.29, 1.82) is 0 Å². The van der Waals surface area contributed by atoms with Crippen LogP contribution in [0.5, 0.6) is 11.5 Å². The number of rotatable bonds is 10. The predicted octanol–water partition coefficient (Wildman–Crippen LogP) is 4.74. The van der Waals surface area contributed by atoms with E-state index < -0.39 is 21.7 Å². The summed E-state index contributed by atoms with van der Waals surface area (Å²) in [7, 11) is -3.89. The van der Waals surface area contributed by atoms with Crippen LogP contribution in [-0.4, -0.2) is 27.5 Å². The second kappa shape index (κ2) is 10.8. The third kappa shape index (κ3) is 6.69. The van der Waals surface area contributed by atoms with Crippen LogP contribution in [0.1, 0.15) is 18.9 Å². The first-order chi connectivity index (χ1) is 15.8. The lowest BCUT2D eigenvalue weighted by Gasteiger charge is -2.13. The van der Waals surface area contributed by atoms with Crippen molar-refractivity contribution in [2.45, 2.75) is 25.2 Å². The molecular weight excluding hydrogens is 447 g/mol. The Labute approximate surface area is 192 Å². The van der Waals surface area contributed by atoms with Crippen LogP contribution in [-0.2, 0) is 14.8 Å². The molecule has 0 saturated carbocycles. The minimum absolute atomic E-state index is 0.0247. The lowest BCUT2D eigenvalue weighted by molar-refractivity contribution is -0.116. The van der Waals surface area contributed by atoms with Gasteiger partial charge >= 0.3 is 0 Å². The summed E-state index contributed by atoms with van der Waals surface area (Å²) in [6, 6.07) is 17.1. The average Bonchev–Trinajstić information content (AvgIpc) is 2.78. The van der Waals surface area contributed by atoms with E-state index in [1.165, 1.54) is 18.2 Å². The maximum absolute atomic E-state index is 13.6. The quantitative estimate of drug-likeness (QED) is 0.445. The van der Waals surface area contributed by atoms with E-state index in [1.54, 1.807) is 55.5 Å². The molecule has 9 heteroatoms. The van der Waals surface area contributed by atoms with Gasteiger partial charge in [-0.1, -0.05) is 18.2 Å². The number of nitrogens with one attached hydrogen (secondary N) is 2. The summed E-state index contributed by atoms with van der Waals surface area (Å²) in [5.41, 5.74) is 1.23. The lowest BCUT2D eigenvalue weighted by atomic mass is 10.2. The van der Waals surface area contributed by atoms with Gasteiger partial charge < -0.3 is 14.8 Å². The number of amides is 1.